The van der Waals surface area contributed by atoms with Gasteiger partial charge in [-0.05, 0) is 202 Å². The highest BCUT2D eigenvalue weighted by atomic mass is 19.1. The highest BCUT2D eigenvalue weighted by molar-refractivity contribution is 6.26. The van der Waals surface area contributed by atoms with Crippen LogP contribution in [0.2, 0.25) is 0 Å². The van der Waals surface area contributed by atoms with E-state index in [1.807, 2.05) is 30.3 Å². The third-order valence-corrected chi connectivity index (χ3v) is 17.4. The summed E-state index contributed by atoms with van der Waals surface area (Å²) in [5, 5.41) is 13.0. The van der Waals surface area contributed by atoms with Crippen molar-refractivity contribution in [1.82, 2.24) is 4.40 Å². The summed E-state index contributed by atoms with van der Waals surface area (Å²) >= 11 is 0. The first-order valence-electron chi connectivity index (χ1n) is 28.6. The molecule has 6 nitrogen and oxygen atoms in total. The third kappa shape index (κ3) is 7.65. The van der Waals surface area contributed by atoms with Gasteiger partial charge in [-0.3, -0.25) is 0 Å². The minimum Gasteiger partial charge on any atom is -0.456 e. The molecule has 16 aromatic rings. The predicted molar refractivity (Wildman–Crippen MR) is 341 cm³/mol. The van der Waals surface area contributed by atoms with E-state index in [0.29, 0.717) is 5.92 Å². The molecule has 0 saturated carbocycles. The summed E-state index contributed by atoms with van der Waals surface area (Å²) in [6.45, 7) is 17.8. The molecule has 0 bridgehead atoms. The first-order chi connectivity index (χ1) is 40.0. The van der Waals surface area contributed by atoms with Crippen LogP contribution in [0.1, 0.15) is 78.0 Å². The Kier molecular flexibility index (Phi) is 10.3. The van der Waals surface area contributed by atoms with Crippen LogP contribution in [0.4, 0.5) is 42.9 Å². The molecule has 0 aliphatic rings. The Bertz CT molecular complexity index is 5350. The summed E-state index contributed by atoms with van der Waals surface area (Å²) < 4.78 is 51.6. The molecule has 0 aliphatic carbocycles. The minimum atomic E-state index is -0.301. The molecule has 0 radical (unpaired) electrons. The molecule has 0 N–H and O–H groups in total. The van der Waals surface area contributed by atoms with Crippen LogP contribution in [-0.4, -0.2) is 4.40 Å². The third-order valence-electron chi connectivity index (χ3n) is 17.4. The van der Waals surface area contributed by atoms with Crippen molar-refractivity contribution in [2.75, 3.05) is 9.80 Å². The fourth-order valence-electron chi connectivity index (χ4n) is 13.0. The normalized spacial score (nSPS) is 12.8. The summed E-state index contributed by atoms with van der Waals surface area (Å²) in [6.07, 6.45) is 0. The van der Waals surface area contributed by atoms with Gasteiger partial charge in [-0.2, -0.15) is 0 Å². The SMILES string of the molecule is CC(C)c1cc2c3ccc(N(c4ccc(F)cc4)c4ccc5oc6cc(C(C)(C)C)ccc6c5c4)cc3n3c4cc5cc6c(cc5cc4c(c1)c23)oc1cc(N(c2ccc(F)cc2)c2ccc3oc4cc(C(C)(C)C)ccc4c3c2)ccc16. The van der Waals surface area contributed by atoms with E-state index in [2.05, 4.69) is 209 Å². The van der Waals surface area contributed by atoms with Crippen molar-refractivity contribution < 1.29 is 22.0 Å². The molecular formula is C75H57F2N3O3. The monoisotopic (exact) mass is 1090 g/mol. The molecule has 404 valence electrons. The number of halogens is 2. The van der Waals surface area contributed by atoms with E-state index < -0.39 is 0 Å². The first-order valence-corrected chi connectivity index (χ1v) is 28.6. The van der Waals surface area contributed by atoms with E-state index in [4.69, 9.17) is 13.3 Å². The second-order valence-corrected chi connectivity index (χ2v) is 25.1. The maximum Gasteiger partial charge on any atom is 0.137 e. The van der Waals surface area contributed by atoms with Crippen LogP contribution in [-0.2, 0) is 10.8 Å². The molecule has 0 amide bonds. The van der Waals surface area contributed by atoms with Gasteiger partial charge in [0.05, 0.1) is 16.6 Å². The van der Waals surface area contributed by atoms with Gasteiger partial charge >= 0.3 is 0 Å². The molecule has 5 aromatic heterocycles. The maximum atomic E-state index is 14.7. The highest BCUT2D eigenvalue weighted by Gasteiger charge is 2.25. The lowest BCUT2D eigenvalue weighted by Crippen LogP contribution is -2.10. The van der Waals surface area contributed by atoms with E-state index in [9.17, 15) is 8.78 Å². The summed E-state index contributed by atoms with van der Waals surface area (Å²) in [5.41, 5.74) is 17.2. The Morgan fingerprint density at radius 3 is 1.28 bits per heavy atom. The minimum absolute atomic E-state index is 0.0213. The Balaban J connectivity index is 0.852. The first kappa shape index (κ1) is 49.2. The zero-order valence-corrected chi connectivity index (χ0v) is 47.4. The molecule has 0 fully saturated rings. The Labute approximate surface area is 477 Å². The van der Waals surface area contributed by atoms with Gasteiger partial charge in [0.2, 0.25) is 0 Å². The van der Waals surface area contributed by atoms with Gasteiger partial charge in [-0.1, -0.05) is 85.7 Å². The number of hydrogen-bond acceptors (Lipinski definition) is 5. The predicted octanol–water partition coefficient (Wildman–Crippen LogP) is 22.6. The average Bonchev–Trinajstić information content (AvgIpc) is 2.20. The van der Waals surface area contributed by atoms with Crippen LogP contribution >= 0.6 is 0 Å². The number of benzene rings is 11. The lowest BCUT2D eigenvalue weighted by Gasteiger charge is -2.25. The van der Waals surface area contributed by atoms with Gasteiger partial charge in [0.15, 0.2) is 0 Å². The smallest absolute Gasteiger partial charge is 0.137 e. The molecular weight excluding hydrogens is 1030 g/mol. The van der Waals surface area contributed by atoms with Gasteiger partial charge in [0.1, 0.15) is 45.1 Å². The highest BCUT2D eigenvalue weighted by Crippen LogP contribution is 2.48. The summed E-state index contributed by atoms with van der Waals surface area (Å²) in [6, 6.07) is 66.0. The number of furan rings is 3. The second kappa shape index (κ2) is 17.4. The number of rotatable bonds is 7. The van der Waals surface area contributed by atoms with Gasteiger partial charge < -0.3 is 27.5 Å². The lowest BCUT2D eigenvalue weighted by atomic mass is 9.86. The molecule has 0 aliphatic heterocycles. The van der Waals surface area contributed by atoms with Crippen molar-refractivity contribution in [3.63, 3.8) is 0 Å². The summed E-state index contributed by atoms with van der Waals surface area (Å²) in [4.78, 5) is 4.36. The molecule has 0 saturated heterocycles. The standard InChI is InChI=1S/C75H57F2N3O3/c1-41(2)42-29-63-55-25-19-53(78(49-15-11-47(76)12-16-49)51-21-27-67-61(37-51)56-23-9-45(74(3,4)5)35-70(56)81-67)39-66(55)80-65-33-43-32-60-58-26-20-54(40-72(58)83-69(60)34-44(43)31-59(65)64(30-42)73(63)80)79(50-17-13-48(77)14-18-50)52-22-28-68-62(38-52)57-24-10-46(75(6,7)8)36-71(57)82-68/h9-41H,1-8H3. The molecule has 16 rings (SSSR count). The van der Waals surface area contributed by atoms with Crippen molar-refractivity contribution in [2.24, 2.45) is 0 Å². The Morgan fingerprint density at radius 2 is 0.735 bits per heavy atom. The van der Waals surface area contributed by atoms with Crippen LogP contribution in [0.25, 0.3) is 115 Å². The van der Waals surface area contributed by atoms with Gasteiger partial charge in [-0.25, -0.2) is 8.78 Å². The molecule has 5 heterocycles. The van der Waals surface area contributed by atoms with Crippen LogP contribution in [0.15, 0.2) is 207 Å². The van der Waals surface area contributed by atoms with Gasteiger partial charge in [0.25, 0.3) is 0 Å². The van der Waals surface area contributed by atoms with E-state index in [1.165, 1.54) is 62.6 Å². The van der Waals surface area contributed by atoms with Gasteiger partial charge in [0, 0.05) is 94.1 Å². The van der Waals surface area contributed by atoms with Crippen LogP contribution in [0.5, 0.6) is 0 Å². The Morgan fingerprint density at radius 1 is 0.337 bits per heavy atom. The van der Waals surface area contributed by atoms with Crippen molar-refractivity contribution in [3.8, 4) is 0 Å². The molecule has 0 unspecified atom stereocenters. The fraction of sp³-hybridized carbons (Fsp3) is 0.147. The summed E-state index contributed by atoms with van der Waals surface area (Å²) in [5.74, 6) is -0.290. The number of anilines is 6. The van der Waals surface area contributed by atoms with Crippen molar-refractivity contribution in [2.45, 2.75) is 72.1 Å². The van der Waals surface area contributed by atoms with E-state index in [0.717, 1.165) is 127 Å². The zero-order chi connectivity index (χ0) is 56.5. The van der Waals surface area contributed by atoms with E-state index in [1.54, 1.807) is 0 Å². The fourth-order valence-corrected chi connectivity index (χ4v) is 13.0. The van der Waals surface area contributed by atoms with Crippen LogP contribution in [0.3, 0.4) is 0 Å². The van der Waals surface area contributed by atoms with Crippen molar-refractivity contribution in [1.29, 1.82) is 0 Å². The van der Waals surface area contributed by atoms with Gasteiger partial charge in [-0.15, -0.1) is 0 Å². The molecule has 83 heavy (non-hydrogen) atoms. The van der Waals surface area contributed by atoms with Crippen molar-refractivity contribution in [3.05, 3.63) is 222 Å². The summed E-state index contributed by atoms with van der Waals surface area (Å²) in [7, 11) is 0. The molecule has 0 atom stereocenters. The average molecular weight is 1090 g/mol. The number of aromatic nitrogens is 1. The molecule has 11 aromatic carbocycles. The van der Waals surface area contributed by atoms with Crippen LogP contribution < -0.4 is 9.80 Å². The quantitative estimate of drug-likeness (QED) is 0.159. The van der Waals surface area contributed by atoms with Crippen molar-refractivity contribution >= 4 is 149 Å². The topological polar surface area (TPSA) is 50.3 Å². The number of nitrogens with zero attached hydrogens (tertiary/aromatic N) is 3. The van der Waals surface area contributed by atoms with E-state index >= 15 is 0 Å². The maximum absolute atomic E-state index is 14.7. The number of hydrogen-bond donors (Lipinski definition) is 0. The van der Waals surface area contributed by atoms with E-state index in [-0.39, 0.29) is 22.5 Å². The second-order valence-electron chi connectivity index (χ2n) is 25.1. The number of fused-ring (bicyclic) bond motifs is 16. The lowest BCUT2D eigenvalue weighted by molar-refractivity contribution is 0.587. The molecule has 8 heteroatoms. The largest absolute Gasteiger partial charge is 0.456 e. The zero-order valence-electron chi connectivity index (χ0n) is 47.4. The Hall–Kier alpha value is -9.66. The van der Waals surface area contributed by atoms with Crippen LogP contribution in [0, 0.1) is 11.6 Å². The molecule has 0 spiro atoms.